The first-order valence-electron chi connectivity index (χ1n) is 2.61. The van der Waals surface area contributed by atoms with Gasteiger partial charge >= 0.3 is 0 Å². The van der Waals surface area contributed by atoms with Crippen molar-refractivity contribution in [2.75, 3.05) is 0 Å². The van der Waals surface area contributed by atoms with Gasteiger partial charge in [-0.3, -0.25) is 0 Å². The highest BCUT2D eigenvalue weighted by molar-refractivity contribution is 9.11. The highest BCUT2D eigenvalue weighted by Gasteiger charge is 2.32. The van der Waals surface area contributed by atoms with E-state index in [2.05, 4.69) is 15.9 Å². The molecule has 0 spiro atoms. The van der Waals surface area contributed by atoms with Gasteiger partial charge in [-0.2, -0.15) is 8.78 Å². The fraction of sp³-hybridized carbons (Fsp3) is 0.333. The van der Waals surface area contributed by atoms with Crippen LogP contribution in [0.5, 0.6) is 0 Å². The first-order valence-corrected chi connectivity index (χ1v) is 3.41. The molecule has 1 unspecified atom stereocenters. The van der Waals surface area contributed by atoms with Crippen LogP contribution in [0.15, 0.2) is 22.7 Å². The summed E-state index contributed by atoms with van der Waals surface area (Å²) >= 11 is 2.57. The molecule has 1 aliphatic rings. The number of alkyl halides is 3. The van der Waals surface area contributed by atoms with E-state index >= 15 is 0 Å². The number of hydrogen-bond acceptors (Lipinski definition) is 0. The quantitative estimate of drug-likeness (QED) is 0.542. The third-order valence-electron chi connectivity index (χ3n) is 1.11. The van der Waals surface area contributed by atoms with Crippen molar-refractivity contribution in [2.45, 2.75) is 12.1 Å². The van der Waals surface area contributed by atoms with E-state index in [-0.39, 0.29) is 0 Å². The van der Waals surface area contributed by atoms with Gasteiger partial charge in [0.05, 0.1) is 4.48 Å². The van der Waals surface area contributed by atoms with Crippen LogP contribution < -0.4 is 0 Å². The van der Waals surface area contributed by atoms with Gasteiger partial charge in [0.25, 0.3) is 5.92 Å². The molecule has 56 valence electrons. The molecule has 0 aliphatic heterocycles. The van der Waals surface area contributed by atoms with Gasteiger partial charge in [0.1, 0.15) is 6.17 Å². The lowest BCUT2D eigenvalue weighted by Crippen LogP contribution is -2.17. The minimum Gasteiger partial charge on any atom is -0.238 e. The molecular weight excluding hydrogens is 209 g/mol. The molecule has 0 fully saturated rings. The van der Waals surface area contributed by atoms with Gasteiger partial charge < -0.3 is 0 Å². The summed E-state index contributed by atoms with van der Waals surface area (Å²) < 4.78 is 36.6. The van der Waals surface area contributed by atoms with Crippen molar-refractivity contribution in [3.63, 3.8) is 0 Å². The van der Waals surface area contributed by atoms with Crippen molar-refractivity contribution in [3.05, 3.63) is 22.7 Å². The molecule has 0 bridgehead atoms. The van der Waals surface area contributed by atoms with Crippen molar-refractivity contribution in [2.24, 2.45) is 0 Å². The van der Waals surface area contributed by atoms with Gasteiger partial charge in [-0.25, -0.2) is 4.39 Å². The molecule has 1 atom stereocenters. The van der Waals surface area contributed by atoms with E-state index in [1.165, 1.54) is 0 Å². The standard InChI is InChI=1S/C6H4BrF3/c7-5-3-4(8)1-2-6(5,9)10/h1-4H. The van der Waals surface area contributed by atoms with E-state index in [1.807, 2.05) is 0 Å². The lowest BCUT2D eigenvalue weighted by molar-refractivity contribution is 0.104. The maximum absolute atomic E-state index is 12.4. The van der Waals surface area contributed by atoms with E-state index < -0.39 is 16.6 Å². The van der Waals surface area contributed by atoms with E-state index in [0.717, 1.165) is 12.2 Å². The highest BCUT2D eigenvalue weighted by atomic mass is 79.9. The summed E-state index contributed by atoms with van der Waals surface area (Å²) in [6.45, 7) is 0. The molecule has 0 N–H and O–H groups in total. The van der Waals surface area contributed by atoms with E-state index in [0.29, 0.717) is 6.08 Å². The van der Waals surface area contributed by atoms with Crippen LogP contribution >= 0.6 is 15.9 Å². The lowest BCUT2D eigenvalue weighted by Gasteiger charge is -2.15. The smallest absolute Gasteiger partial charge is 0.238 e. The van der Waals surface area contributed by atoms with E-state index in [1.54, 1.807) is 0 Å². The van der Waals surface area contributed by atoms with Gasteiger partial charge in [0, 0.05) is 0 Å². The van der Waals surface area contributed by atoms with Gasteiger partial charge in [0.2, 0.25) is 0 Å². The Bertz CT molecular complexity index is 195. The largest absolute Gasteiger partial charge is 0.297 e. The lowest BCUT2D eigenvalue weighted by atomic mass is 10.1. The summed E-state index contributed by atoms with van der Waals surface area (Å²) in [7, 11) is 0. The van der Waals surface area contributed by atoms with Crippen LogP contribution in [0.2, 0.25) is 0 Å². The zero-order chi connectivity index (χ0) is 7.78. The maximum atomic E-state index is 12.4. The minimum atomic E-state index is -3.03. The fourth-order valence-electron chi connectivity index (χ4n) is 0.599. The van der Waals surface area contributed by atoms with Gasteiger partial charge in [0.15, 0.2) is 0 Å². The fourth-order valence-corrected chi connectivity index (χ4v) is 0.984. The number of allylic oxidation sites excluding steroid dienone is 4. The molecule has 0 saturated carbocycles. The van der Waals surface area contributed by atoms with Crippen molar-refractivity contribution in [3.8, 4) is 0 Å². The molecule has 0 nitrogen and oxygen atoms in total. The second-order valence-corrected chi connectivity index (χ2v) is 2.80. The Morgan fingerprint density at radius 3 is 2.50 bits per heavy atom. The summed E-state index contributed by atoms with van der Waals surface area (Å²) in [5.74, 6) is -3.03. The second kappa shape index (κ2) is 2.42. The van der Waals surface area contributed by atoms with Gasteiger partial charge in [-0.05, 0) is 34.2 Å². The summed E-state index contributed by atoms with van der Waals surface area (Å²) in [4.78, 5) is 0. The highest BCUT2D eigenvalue weighted by Crippen LogP contribution is 2.34. The first kappa shape index (κ1) is 7.85. The molecule has 1 aliphatic carbocycles. The Morgan fingerprint density at radius 1 is 1.50 bits per heavy atom. The molecule has 0 aromatic carbocycles. The summed E-state index contributed by atoms with van der Waals surface area (Å²) in [5, 5.41) is 0. The van der Waals surface area contributed by atoms with Gasteiger partial charge in [-0.1, -0.05) is 0 Å². The van der Waals surface area contributed by atoms with E-state index in [9.17, 15) is 13.2 Å². The molecule has 0 radical (unpaired) electrons. The summed E-state index contributed by atoms with van der Waals surface area (Å²) in [6.07, 6.45) is 0.806. The monoisotopic (exact) mass is 212 g/mol. The normalized spacial score (nSPS) is 30.0. The minimum absolute atomic E-state index is 0.407. The average Bonchev–Trinajstić information content (AvgIpc) is 1.81. The number of hydrogen-bond donors (Lipinski definition) is 0. The van der Waals surface area contributed by atoms with Crippen molar-refractivity contribution in [1.29, 1.82) is 0 Å². The summed E-state index contributed by atoms with van der Waals surface area (Å²) in [5.41, 5.74) is 0. The first-order chi connectivity index (χ1) is 4.52. The Morgan fingerprint density at radius 2 is 2.10 bits per heavy atom. The molecule has 0 amide bonds. The van der Waals surface area contributed by atoms with Crippen molar-refractivity contribution >= 4 is 15.9 Å². The maximum Gasteiger partial charge on any atom is 0.297 e. The van der Waals surface area contributed by atoms with Crippen LogP contribution in [0, 0.1) is 0 Å². The SMILES string of the molecule is FC1C=CC(F)(F)C(Br)=C1. The predicted octanol–water partition coefficient (Wildman–Crippen LogP) is 2.81. The third kappa shape index (κ3) is 1.42. The summed E-state index contributed by atoms with van der Waals surface area (Å²) in [6, 6.07) is 0. The predicted molar refractivity (Wildman–Crippen MR) is 36.0 cm³/mol. The second-order valence-electron chi connectivity index (χ2n) is 1.94. The topological polar surface area (TPSA) is 0 Å². The molecule has 10 heavy (non-hydrogen) atoms. The van der Waals surface area contributed by atoms with Crippen LogP contribution in [0.1, 0.15) is 0 Å². The number of rotatable bonds is 0. The molecule has 4 heteroatoms. The zero-order valence-corrected chi connectivity index (χ0v) is 6.41. The molecule has 0 aromatic rings. The zero-order valence-electron chi connectivity index (χ0n) is 4.82. The van der Waals surface area contributed by atoms with E-state index in [4.69, 9.17) is 0 Å². The van der Waals surface area contributed by atoms with Crippen molar-refractivity contribution in [1.82, 2.24) is 0 Å². The van der Waals surface area contributed by atoms with Gasteiger partial charge in [-0.15, -0.1) is 0 Å². The molecule has 0 saturated heterocycles. The Labute approximate surface area is 64.5 Å². The van der Waals surface area contributed by atoms with Crippen molar-refractivity contribution < 1.29 is 13.2 Å². The van der Waals surface area contributed by atoms with Crippen LogP contribution in [0.25, 0.3) is 0 Å². The van der Waals surface area contributed by atoms with Crippen LogP contribution in [-0.2, 0) is 0 Å². The van der Waals surface area contributed by atoms with Crippen LogP contribution in [0.3, 0.4) is 0 Å². The molecule has 0 heterocycles. The molecule has 1 rings (SSSR count). The Balaban J connectivity index is 2.87. The van der Waals surface area contributed by atoms with Crippen LogP contribution in [0.4, 0.5) is 13.2 Å². The molecule has 0 aromatic heterocycles. The van der Waals surface area contributed by atoms with Crippen LogP contribution in [-0.4, -0.2) is 12.1 Å². The third-order valence-corrected chi connectivity index (χ3v) is 1.91. The average molecular weight is 213 g/mol. The number of halogens is 4. The Hall–Kier alpha value is -0.250. The molecular formula is C6H4BrF3. The Kier molecular flexibility index (Phi) is 1.90.